The summed E-state index contributed by atoms with van der Waals surface area (Å²) in [5.74, 6) is 0.0685. The molecule has 0 saturated heterocycles. The fourth-order valence-corrected chi connectivity index (χ4v) is 4.20. The quantitative estimate of drug-likeness (QED) is 0.474. The van der Waals surface area contributed by atoms with Crippen LogP contribution in [0.3, 0.4) is 0 Å². The van der Waals surface area contributed by atoms with Crippen molar-refractivity contribution in [2.24, 2.45) is 5.10 Å². The molecule has 26 heavy (non-hydrogen) atoms. The molecule has 0 aromatic heterocycles. The number of thiocarbonyl (C=S) groups is 1. The van der Waals surface area contributed by atoms with Gasteiger partial charge in [0, 0.05) is 23.7 Å². The summed E-state index contributed by atoms with van der Waals surface area (Å²) in [7, 11) is -1.86. The van der Waals surface area contributed by atoms with E-state index in [2.05, 4.69) is 15.8 Å². The highest BCUT2D eigenvalue weighted by molar-refractivity contribution is 7.91. The van der Waals surface area contributed by atoms with Gasteiger partial charge in [-0.25, -0.2) is 12.8 Å². The van der Waals surface area contributed by atoms with Gasteiger partial charge in [-0.15, -0.1) is 0 Å². The molecular weight excluding hydrogens is 377 g/mol. The first-order chi connectivity index (χ1) is 12.4. The van der Waals surface area contributed by atoms with E-state index in [1.807, 2.05) is 6.07 Å². The van der Waals surface area contributed by atoms with Crippen molar-refractivity contribution >= 4 is 38.6 Å². The highest BCUT2D eigenvalue weighted by Crippen LogP contribution is 2.26. The van der Waals surface area contributed by atoms with Crippen LogP contribution >= 0.6 is 12.2 Å². The standard InChI is InChI=1S/C17H16FN3O3S2/c1-24-13-4-2-3-12(10-13)19-17(25)21-20-15-7-8-26(22,23)16-6-5-11(18)9-14(15)16/h2-6,9-10H,7-8H2,1H3,(H2,19,21,25)/b20-15-. The number of methoxy groups -OCH3 is 1. The van der Waals surface area contributed by atoms with E-state index < -0.39 is 15.7 Å². The largest absolute Gasteiger partial charge is 0.497 e. The zero-order chi connectivity index (χ0) is 18.7. The molecular formula is C17H16FN3O3S2. The van der Waals surface area contributed by atoms with Crippen molar-refractivity contribution in [2.45, 2.75) is 11.3 Å². The summed E-state index contributed by atoms with van der Waals surface area (Å²) in [6, 6.07) is 10.7. The number of nitrogens with one attached hydrogen (secondary N) is 2. The molecule has 6 nitrogen and oxygen atoms in total. The van der Waals surface area contributed by atoms with Crippen molar-refractivity contribution in [3.63, 3.8) is 0 Å². The average molecular weight is 393 g/mol. The van der Waals surface area contributed by atoms with Crippen LogP contribution in [0, 0.1) is 5.82 Å². The van der Waals surface area contributed by atoms with Gasteiger partial charge >= 0.3 is 0 Å². The third-order valence-corrected chi connectivity index (χ3v) is 5.78. The number of benzene rings is 2. The lowest BCUT2D eigenvalue weighted by molar-refractivity contribution is 0.415. The maximum atomic E-state index is 13.6. The van der Waals surface area contributed by atoms with E-state index in [1.54, 1.807) is 25.3 Å². The zero-order valence-electron chi connectivity index (χ0n) is 13.8. The lowest BCUT2D eigenvalue weighted by Gasteiger charge is -2.18. The first kappa shape index (κ1) is 18.3. The number of hydrogen-bond acceptors (Lipinski definition) is 5. The second-order valence-corrected chi connectivity index (χ2v) is 8.05. The van der Waals surface area contributed by atoms with Gasteiger partial charge in [-0.1, -0.05) is 6.07 Å². The number of hydrazone groups is 1. The predicted octanol–water partition coefficient (Wildman–Crippen LogP) is 2.70. The predicted molar refractivity (Wildman–Crippen MR) is 102 cm³/mol. The number of sulfone groups is 1. The molecule has 0 amide bonds. The van der Waals surface area contributed by atoms with Crippen LogP contribution < -0.4 is 15.5 Å². The van der Waals surface area contributed by atoms with Gasteiger partial charge in [-0.05, 0) is 42.5 Å². The smallest absolute Gasteiger partial charge is 0.191 e. The molecule has 0 aliphatic carbocycles. The minimum atomic E-state index is -3.42. The summed E-state index contributed by atoms with van der Waals surface area (Å²) >= 11 is 5.19. The van der Waals surface area contributed by atoms with E-state index >= 15 is 0 Å². The summed E-state index contributed by atoms with van der Waals surface area (Å²) in [6.07, 6.45) is 0.174. The second kappa shape index (κ2) is 7.38. The number of fused-ring (bicyclic) bond motifs is 1. The average Bonchev–Trinajstić information content (AvgIpc) is 2.61. The van der Waals surface area contributed by atoms with Gasteiger partial charge in [0.25, 0.3) is 0 Å². The molecule has 2 N–H and O–H groups in total. The molecule has 2 aromatic carbocycles. The first-order valence-corrected chi connectivity index (χ1v) is 9.75. The molecule has 0 bridgehead atoms. The van der Waals surface area contributed by atoms with E-state index in [9.17, 15) is 12.8 Å². The fraction of sp³-hybridized carbons (Fsp3) is 0.176. The van der Waals surface area contributed by atoms with Gasteiger partial charge in [0.05, 0.1) is 23.5 Å². The Labute approximate surface area is 156 Å². The van der Waals surface area contributed by atoms with E-state index in [0.717, 1.165) is 6.07 Å². The second-order valence-electron chi connectivity index (χ2n) is 5.57. The van der Waals surface area contributed by atoms with Gasteiger partial charge < -0.3 is 10.1 Å². The van der Waals surface area contributed by atoms with Crippen LogP contribution in [0.5, 0.6) is 5.75 Å². The van der Waals surface area contributed by atoms with E-state index in [-0.39, 0.29) is 27.7 Å². The zero-order valence-corrected chi connectivity index (χ0v) is 15.5. The van der Waals surface area contributed by atoms with Crippen molar-refractivity contribution in [3.8, 4) is 5.75 Å². The van der Waals surface area contributed by atoms with Crippen molar-refractivity contribution in [1.29, 1.82) is 0 Å². The van der Waals surface area contributed by atoms with Crippen molar-refractivity contribution in [1.82, 2.24) is 5.43 Å². The van der Waals surface area contributed by atoms with Crippen LogP contribution in [0.15, 0.2) is 52.5 Å². The maximum Gasteiger partial charge on any atom is 0.191 e. The highest BCUT2D eigenvalue weighted by atomic mass is 32.2. The maximum absolute atomic E-state index is 13.6. The molecule has 3 rings (SSSR count). The van der Waals surface area contributed by atoms with Gasteiger partial charge in [0.1, 0.15) is 11.6 Å². The number of ether oxygens (including phenoxy) is 1. The SMILES string of the molecule is COc1cccc(NC(=S)N/N=C2/CCS(=O)(=O)c3ccc(F)cc32)c1. The molecule has 1 aliphatic rings. The summed E-state index contributed by atoms with van der Waals surface area (Å²) in [4.78, 5) is 0.0809. The highest BCUT2D eigenvalue weighted by Gasteiger charge is 2.28. The summed E-state index contributed by atoms with van der Waals surface area (Å²) in [6.45, 7) is 0. The molecule has 1 aliphatic heterocycles. The molecule has 0 saturated carbocycles. The van der Waals surface area contributed by atoms with Crippen molar-refractivity contribution in [3.05, 3.63) is 53.8 Å². The van der Waals surface area contributed by atoms with E-state index in [1.165, 1.54) is 12.1 Å². The van der Waals surface area contributed by atoms with E-state index in [4.69, 9.17) is 17.0 Å². The molecule has 0 unspecified atom stereocenters. The minimum Gasteiger partial charge on any atom is -0.497 e. The molecule has 0 fully saturated rings. The Morgan fingerprint density at radius 1 is 1.27 bits per heavy atom. The molecule has 9 heteroatoms. The van der Waals surface area contributed by atoms with Crippen LogP contribution in [0.4, 0.5) is 10.1 Å². The van der Waals surface area contributed by atoms with E-state index in [0.29, 0.717) is 17.1 Å². The Hall–Kier alpha value is -2.52. The lowest BCUT2D eigenvalue weighted by atomic mass is 10.1. The minimum absolute atomic E-state index is 0.0809. The van der Waals surface area contributed by atoms with Gasteiger partial charge in [-0.2, -0.15) is 5.10 Å². The van der Waals surface area contributed by atoms with Crippen LogP contribution in [-0.4, -0.2) is 32.1 Å². The summed E-state index contributed by atoms with van der Waals surface area (Å²) < 4.78 is 42.9. The summed E-state index contributed by atoms with van der Waals surface area (Å²) in [5.41, 5.74) is 4.08. The Kier molecular flexibility index (Phi) is 5.19. The Bertz CT molecular complexity index is 990. The first-order valence-electron chi connectivity index (χ1n) is 7.69. The normalized spacial score (nSPS) is 16.6. The van der Waals surface area contributed by atoms with Crippen LogP contribution in [-0.2, 0) is 9.84 Å². The molecule has 0 spiro atoms. The monoisotopic (exact) mass is 393 g/mol. The molecule has 2 aromatic rings. The third-order valence-electron chi connectivity index (χ3n) is 3.82. The molecule has 0 radical (unpaired) electrons. The number of anilines is 1. The van der Waals surface area contributed by atoms with Crippen LogP contribution in [0.2, 0.25) is 0 Å². The number of rotatable bonds is 3. The van der Waals surface area contributed by atoms with Gasteiger partial charge in [0.15, 0.2) is 14.9 Å². The van der Waals surface area contributed by atoms with Crippen LogP contribution in [0.1, 0.15) is 12.0 Å². The topological polar surface area (TPSA) is 79.8 Å². The molecule has 0 atom stereocenters. The fourth-order valence-electron chi connectivity index (χ4n) is 2.57. The third kappa shape index (κ3) is 4.00. The number of halogens is 1. The lowest BCUT2D eigenvalue weighted by Crippen LogP contribution is -2.28. The Balaban J connectivity index is 1.78. The van der Waals surface area contributed by atoms with Gasteiger partial charge in [-0.3, -0.25) is 5.43 Å². The molecule has 136 valence electrons. The number of nitrogens with zero attached hydrogens (tertiary/aromatic N) is 1. The Morgan fingerprint density at radius 2 is 2.08 bits per heavy atom. The summed E-state index contributed by atoms with van der Waals surface area (Å²) in [5, 5.41) is 7.34. The Morgan fingerprint density at radius 3 is 2.85 bits per heavy atom. The van der Waals surface area contributed by atoms with Crippen LogP contribution in [0.25, 0.3) is 0 Å². The number of hydrogen-bond donors (Lipinski definition) is 2. The van der Waals surface area contributed by atoms with Crippen molar-refractivity contribution in [2.75, 3.05) is 18.2 Å². The van der Waals surface area contributed by atoms with Gasteiger partial charge in [0.2, 0.25) is 0 Å². The molecule has 1 heterocycles. The van der Waals surface area contributed by atoms with Crippen molar-refractivity contribution < 1.29 is 17.5 Å².